The number of carbonyl (C=O) groups excluding carboxylic acids is 2. The maximum Gasteiger partial charge on any atom is 0.244 e. The molecule has 1 fully saturated rings. The van der Waals surface area contributed by atoms with Gasteiger partial charge in [0.15, 0.2) is 5.78 Å². The summed E-state index contributed by atoms with van der Waals surface area (Å²) >= 11 is 0. The van der Waals surface area contributed by atoms with Crippen LogP contribution in [0.2, 0.25) is 0 Å². The molecule has 1 saturated carbocycles. The van der Waals surface area contributed by atoms with Gasteiger partial charge < -0.3 is 22.7 Å². The van der Waals surface area contributed by atoms with Gasteiger partial charge in [-0.15, -0.1) is 0 Å². The average molecular weight is 496 g/mol. The first-order valence-corrected chi connectivity index (χ1v) is 10.9. The van der Waals surface area contributed by atoms with Gasteiger partial charge in [-0.2, -0.15) is 0 Å². The lowest BCUT2D eigenvalue weighted by Crippen LogP contribution is -3.00. The number of nitrogens with zero attached hydrogens (tertiary/aromatic N) is 2. The smallest absolute Gasteiger partial charge is 0.244 e. The molecule has 6 heteroatoms. The molecule has 0 spiro atoms. The zero-order chi connectivity index (χ0) is 22.0. The number of rotatable bonds is 7. The zero-order valence-corrected chi connectivity index (χ0v) is 20.2. The standard InChI is InChI=1S/C26H29N3O2.BrH/c1-19-16-29(18-28(19)17-20(2)30)24-14-13-23(15-24)26(25(27)31,21-9-5-3-6-10-21)22-11-7-4-8-12-22;/h3-12,16,18,23-24H,13-15,17H2,1-2H3,(H-,27,31);1H. The molecule has 0 saturated heterocycles. The number of primary amides is 1. The lowest BCUT2D eigenvalue weighted by atomic mass is 9.64. The zero-order valence-electron chi connectivity index (χ0n) is 18.6. The number of halogens is 1. The van der Waals surface area contributed by atoms with Gasteiger partial charge in [-0.25, -0.2) is 9.13 Å². The van der Waals surface area contributed by atoms with Crippen LogP contribution in [-0.4, -0.2) is 16.3 Å². The minimum Gasteiger partial charge on any atom is -1.00 e. The number of aromatic nitrogens is 2. The minimum absolute atomic E-state index is 0. The highest BCUT2D eigenvalue weighted by Crippen LogP contribution is 2.49. The number of Topliss-reactive ketones (excluding diaryl/α,β-unsaturated/α-hetero) is 1. The van der Waals surface area contributed by atoms with E-state index in [9.17, 15) is 9.59 Å². The second kappa shape index (κ2) is 9.82. The van der Waals surface area contributed by atoms with Crippen LogP contribution < -0.4 is 27.3 Å². The molecular weight excluding hydrogens is 466 g/mol. The maximum absolute atomic E-state index is 13.2. The van der Waals surface area contributed by atoms with Crippen LogP contribution in [0.15, 0.2) is 73.2 Å². The Balaban J connectivity index is 0.00000289. The molecule has 3 aromatic rings. The molecule has 2 atom stereocenters. The van der Waals surface area contributed by atoms with E-state index in [1.807, 2.05) is 78.5 Å². The van der Waals surface area contributed by atoms with E-state index in [-0.39, 0.29) is 40.6 Å². The molecule has 0 radical (unpaired) electrons. The summed E-state index contributed by atoms with van der Waals surface area (Å²) < 4.78 is 4.20. The van der Waals surface area contributed by atoms with Crippen molar-refractivity contribution in [3.8, 4) is 0 Å². The highest BCUT2D eigenvalue weighted by Gasteiger charge is 2.50. The summed E-state index contributed by atoms with van der Waals surface area (Å²) in [5.41, 5.74) is 8.30. The predicted molar refractivity (Wildman–Crippen MR) is 119 cm³/mol. The second-order valence-corrected chi connectivity index (χ2v) is 8.73. The van der Waals surface area contributed by atoms with Crippen LogP contribution in [0.5, 0.6) is 0 Å². The fraction of sp³-hybridized carbons (Fsp3) is 0.346. The van der Waals surface area contributed by atoms with Crippen molar-refractivity contribution in [2.75, 3.05) is 0 Å². The first-order valence-electron chi connectivity index (χ1n) is 10.9. The molecule has 2 N–H and O–H groups in total. The summed E-state index contributed by atoms with van der Waals surface area (Å²) in [7, 11) is 0. The highest BCUT2D eigenvalue weighted by molar-refractivity contribution is 5.91. The maximum atomic E-state index is 13.2. The summed E-state index contributed by atoms with van der Waals surface area (Å²) in [6, 6.07) is 20.2. The van der Waals surface area contributed by atoms with E-state index in [1.54, 1.807) is 6.92 Å². The van der Waals surface area contributed by atoms with Gasteiger partial charge in [-0.1, -0.05) is 60.7 Å². The van der Waals surface area contributed by atoms with Gasteiger partial charge >= 0.3 is 0 Å². The first-order chi connectivity index (χ1) is 14.9. The third kappa shape index (κ3) is 4.29. The largest absolute Gasteiger partial charge is 1.00 e. The Bertz CT molecular complexity index is 1040. The van der Waals surface area contributed by atoms with Crippen molar-refractivity contribution in [2.24, 2.45) is 11.7 Å². The molecule has 2 aromatic carbocycles. The Morgan fingerprint density at radius 3 is 2.09 bits per heavy atom. The summed E-state index contributed by atoms with van der Waals surface area (Å²) in [5.74, 6) is -0.0781. The van der Waals surface area contributed by atoms with Crippen LogP contribution in [-0.2, 0) is 21.5 Å². The molecule has 32 heavy (non-hydrogen) atoms. The van der Waals surface area contributed by atoms with Crippen molar-refractivity contribution >= 4 is 11.7 Å². The number of aryl methyl sites for hydroxylation is 1. The number of nitrogens with two attached hydrogens (primary N) is 1. The molecule has 1 aromatic heterocycles. The van der Waals surface area contributed by atoms with Gasteiger partial charge in [0.25, 0.3) is 0 Å². The van der Waals surface area contributed by atoms with E-state index in [4.69, 9.17) is 5.73 Å². The van der Waals surface area contributed by atoms with Gasteiger partial charge in [0.1, 0.15) is 29.9 Å². The van der Waals surface area contributed by atoms with E-state index >= 15 is 0 Å². The SMILES string of the molecule is CC(=O)C[n+]1cn(C2CCC(C(C(N)=O)(c3ccccc3)c3ccccc3)C2)cc1C.[Br-]. The van der Waals surface area contributed by atoms with Crippen molar-refractivity contribution in [2.45, 2.75) is 51.1 Å². The third-order valence-corrected chi connectivity index (χ3v) is 6.74. The number of benzene rings is 2. The lowest BCUT2D eigenvalue weighted by molar-refractivity contribution is -0.689. The van der Waals surface area contributed by atoms with Gasteiger partial charge in [0.2, 0.25) is 12.2 Å². The van der Waals surface area contributed by atoms with Gasteiger partial charge in [-0.05, 0) is 43.2 Å². The molecule has 2 unspecified atom stereocenters. The lowest BCUT2D eigenvalue weighted by Gasteiger charge is -2.37. The van der Waals surface area contributed by atoms with E-state index in [1.165, 1.54) is 0 Å². The second-order valence-electron chi connectivity index (χ2n) is 8.73. The summed E-state index contributed by atoms with van der Waals surface area (Å²) in [6.45, 7) is 4.01. The molecular formula is C26H30BrN3O2. The molecule has 1 aliphatic carbocycles. The Kier molecular flexibility index (Phi) is 7.34. The number of hydrogen-bond acceptors (Lipinski definition) is 2. The van der Waals surface area contributed by atoms with Gasteiger partial charge in [0.05, 0.1) is 0 Å². The Hall–Kier alpha value is -2.73. The number of hydrogen-bond donors (Lipinski definition) is 1. The molecule has 0 bridgehead atoms. The van der Waals surface area contributed by atoms with E-state index in [2.05, 4.69) is 10.8 Å². The Morgan fingerprint density at radius 2 is 1.59 bits per heavy atom. The van der Waals surface area contributed by atoms with Gasteiger partial charge in [-0.3, -0.25) is 9.59 Å². The van der Waals surface area contributed by atoms with Crippen LogP contribution in [0.25, 0.3) is 0 Å². The molecule has 0 aliphatic heterocycles. The molecule has 1 heterocycles. The van der Waals surface area contributed by atoms with Crippen LogP contribution in [0.1, 0.15) is 49.0 Å². The number of carbonyl (C=O) groups is 2. The number of imidazole rings is 1. The van der Waals surface area contributed by atoms with Crippen molar-refractivity contribution in [3.63, 3.8) is 0 Å². The fourth-order valence-corrected chi connectivity index (χ4v) is 5.33. The molecule has 1 aliphatic rings. The molecule has 4 rings (SSSR count). The minimum atomic E-state index is -0.866. The average Bonchev–Trinajstić information content (AvgIpc) is 3.37. The third-order valence-electron chi connectivity index (χ3n) is 6.74. The first kappa shape index (κ1) is 23.9. The highest BCUT2D eigenvalue weighted by atomic mass is 79.9. The van der Waals surface area contributed by atoms with Crippen molar-refractivity contribution in [1.29, 1.82) is 0 Å². The monoisotopic (exact) mass is 495 g/mol. The predicted octanol–water partition coefficient (Wildman–Crippen LogP) is 0.490. The van der Waals surface area contributed by atoms with E-state index in [0.29, 0.717) is 6.54 Å². The van der Waals surface area contributed by atoms with Crippen molar-refractivity contribution in [3.05, 3.63) is 90.0 Å². The van der Waals surface area contributed by atoms with Gasteiger partial charge in [0, 0.05) is 6.92 Å². The van der Waals surface area contributed by atoms with Crippen molar-refractivity contribution in [1.82, 2.24) is 4.57 Å². The quantitative estimate of drug-likeness (QED) is 0.484. The van der Waals surface area contributed by atoms with Crippen LogP contribution in [0.3, 0.4) is 0 Å². The molecule has 168 valence electrons. The fourth-order valence-electron chi connectivity index (χ4n) is 5.33. The van der Waals surface area contributed by atoms with E-state index in [0.717, 1.165) is 36.1 Å². The summed E-state index contributed by atoms with van der Waals surface area (Å²) in [5, 5.41) is 0. The van der Waals surface area contributed by atoms with Crippen LogP contribution in [0, 0.1) is 12.8 Å². The number of ketones is 1. The summed E-state index contributed by atoms with van der Waals surface area (Å²) in [6.07, 6.45) is 6.85. The molecule has 5 nitrogen and oxygen atoms in total. The summed E-state index contributed by atoms with van der Waals surface area (Å²) in [4.78, 5) is 24.8. The normalized spacial score (nSPS) is 18.2. The van der Waals surface area contributed by atoms with Crippen LogP contribution in [0.4, 0.5) is 0 Å². The van der Waals surface area contributed by atoms with Crippen molar-refractivity contribution < 1.29 is 31.1 Å². The topological polar surface area (TPSA) is 69.0 Å². The Morgan fingerprint density at radius 1 is 1.03 bits per heavy atom. The Labute approximate surface area is 200 Å². The van der Waals surface area contributed by atoms with E-state index < -0.39 is 5.41 Å². The number of amides is 1. The molecule has 1 amide bonds. The van der Waals surface area contributed by atoms with Crippen LogP contribution >= 0.6 is 0 Å².